The number of sulfone groups is 1. The summed E-state index contributed by atoms with van der Waals surface area (Å²) in [5.74, 6) is -0.982. The molecule has 0 aromatic rings. The Labute approximate surface area is 94.3 Å². The molecule has 0 aliphatic carbocycles. The van der Waals surface area contributed by atoms with Crippen LogP contribution in [-0.2, 0) is 9.84 Å². The second kappa shape index (κ2) is 7.11. The molecule has 0 aromatic heterocycles. The SMILES string of the molecule is CCCNCCCS(=O)(=O)CCC(F)(F)F. The van der Waals surface area contributed by atoms with Crippen molar-refractivity contribution in [2.24, 2.45) is 0 Å². The van der Waals surface area contributed by atoms with Gasteiger partial charge in [0.1, 0.15) is 0 Å². The Balaban J connectivity index is 3.71. The summed E-state index contributed by atoms with van der Waals surface area (Å²) in [6, 6.07) is 0. The number of alkyl halides is 3. The quantitative estimate of drug-likeness (QED) is 0.677. The maximum Gasteiger partial charge on any atom is 0.390 e. The smallest absolute Gasteiger partial charge is 0.317 e. The first-order chi connectivity index (χ1) is 7.27. The van der Waals surface area contributed by atoms with Crippen molar-refractivity contribution in [2.45, 2.75) is 32.4 Å². The molecule has 98 valence electrons. The second-order valence-electron chi connectivity index (χ2n) is 3.62. The summed E-state index contributed by atoms with van der Waals surface area (Å²) in [5.41, 5.74) is 0. The van der Waals surface area contributed by atoms with Gasteiger partial charge >= 0.3 is 6.18 Å². The lowest BCUT2D eigenvalue weighted by Crippen LogP contribution is -2.22. The molecular weight excluding hydrogens is 243 g/mol. The summed E-state index contributed by atoms with van der Waals surface area (Å²) in [6.45, 7) is 3.30. The third kappa shape index (κ3) is 10.2. The van der Waals surface area contributed by atoms with E-state index in [1.807, 2.05) is 6.92 Å². The Morgan fingerprint density at radius 2 is 1.75 bits per heavy atom. The maximum atomic E-state index is 11.8. The zero-order chi connectivity index (χ0) is 12.7. The number of rotatable bonds is 8. The van der Waals surface area contributed by atoms with Crippen molar-refractivity contribution in [3.63, 3.8) is 0 Å². The molecule has 0 saturated heterocycles. The van der Waals surface area contributed by atoms with Crippen molar-refractivity contribution >= 4 is 9.84 Å². The van der Waals surface area contributed by atoms with Crippen LogP contribution in [0.3, 0.4) is 0 Å². The van der Waals surface area contributed by atoms with Crippen molar-refractivity contribution in [3.8, 4) is 0 Å². The van der Waals surface area contributed by atoms with Gasteiger partial charge in [0.15, 0.2) is 9.84 Å². The Morgan fingerprint density at radius 3 is 2.25 bits per heavy atom. The van der Waals surface area contributed by atoms with Crippen LogP contribution in [0.4, 0.5) is 13.2 Å². The van der Waals surface area contributed by atoms with Crippen LogP contribution < -0.4 is 5.32 Å². The fraction of sp³-hybridized carbons (Fsp3) is 1.00. The minimum Gasteiger partial charge on any atom is -0.317 e. The fourth-order valence-corrected chi connectivity index (χ4v) is 2.42. The first kappa shape index (κ1) is 15.7. The van der Waals surface area contributed by atoms with Gasteiger partial charge < -0.3 is 5.32 Å². The predicted octanol–water partition coefficient (Wildman–Crippen LogP) is 1.74. The van der Waals surface area contributed by atoms with Crippen LogP contribution in [0.2, 0.25) is 0 Å². The van der Waals surface area contributed by atoms with E-state index < -0.39 is 28.2 Å². The van der Waals surface area contributed by atoms with Crippen LogP contribution in [0.1, 0.15) is 26.2 Å². The molecule has 0 unspecified atom stereocenters. The van der Waals surface area contributed by atoms with Gasteiger partial charge in [-0.15, -0.1) is 0 Å². The zero-order valence-electron chi connectivity index (χ0n) is 9.31. The number of halogens is 3. The van der Waals surface area contributed by atoms with Crippen molar-refractivity contribution < 1.29 is 21.6 Å². The molecule has 0 aliphatic rings. The summed E-state index contributed by atoms with van der Waals surface area (Å²) in [7, 11) is -3.56. The average molecular weight is 261 g/mol. The zero-order valence-corrected chi connectivity index (χ0v) is 10.1. The molecule has 3 nitrogen and oxygen atoms in total. The van der Waals surface area contributed by atoms with E-state index in [0.29, 0.717) is 13.0 Å². The van der Waals surface area contributed by atoms with E-state index in [4.69, 9.17) is 0 Å². The van der Waals surface area contributed by atoms with E-state index >= 15 is 0 Å². The molecule has 0 aromatic carbocycles. The van der Waals surface area contributed by atoms with Crippen molar-refractivity contribution in [3.05, 3.63) is 0 Å². The highest BCUT2D eigenvalue weighted by molar-refractivity contribution is 7.91. The van der Waals surface area contributed by atoms with Gasteiger partial charge in [0, 0.05) is 0 Å². The lowest BCUT2D eigenvalue weighted by molar-refractivity contribution is -0.129. The molecule has 0 saturated carbocycles. The average Bonchev–Trinajstić information content (AvgIpc) is 2.14. The first-order valence-electron chi connectivity index (χ1n) is 5.25. The Hall–Kier alpha value is -0.300. The summed E-state index contributed by atoms with van der Waals surface area (Å²) < 4.78 is 57.8. The Kier molecular flexibility index (Phi) is 6.98. The molecule has 0 atom stereocenters. The van der Waals surface area contributed by atoms with Crippen molar-refractivity contribution in [1.82, 2.24) is 5.32 Å². The monoisotopic (exact) mass is 261 g/mol. The Morgan fingerprint density at radius 1 is 1.12 bits per heavy atom. The van der Waals surface area contributed by atoms with Gasteiger partial charge in [-0.3, -0.25) is 0 Å². The van der Waals surface area contributed by atoms with E-state index in [1.54, 1.807) is 0 Å². The minimum atomic E-state index is -4.40. The van der Waals surface area contributed by atoms with Gasteiger partial charge in [-0.2, -0.15) is 13.2 Å². The molecular formula is C9H18F3NO2S. The summed E-state index contributed by atoms with van der Waals surface area (Å²) in [6.07, 6.45) is -4.34. The van der Waals surface area contributed by atoms with Gasteiger partial charge in [-0.1, -0.05) is 6.92 Å². The molecule has 7 heteroatoms. The van der Waals surface area contributed by atoms with Crippen LogP contribution >= 0.6 is 0 Å². The van der Waals surface area contributed by atoms with E-state index in [2.05, 4.69) is 5.32 Å². The largest absolute Gasteiger partial charge is 0.390 e. The highest BCUT2D eigenvalue weighted by atomic mass is 32.2. The molecule has 0 radical (unpaired) electrons. The fourth-order valence-electron chi connectivity index (χ4n) is 1.09. The maximum absolute atomic E-state index is 11.8. The molecule has 0 heterocycles. The molecule has 0 amide bonds. The van der Waals surface area contributed by atoms with Gasteiger partial charge in [0.25, 0.3) is 0 Å². The van der Waals surface area contributed by atoms with E-state index in [9.17, 15) is 21.6 Å². The lowest BCUT2D eigenvalue weighted by Gasteiger charge is -2.07. The number of nitrogens with one attached hydrogen (secondary N) is 1. The van der Waals surface area contributed by atoms with Crippen LogP contribution in [0, 0.1) is 0 Å². The third-order valence-corrected chi connectivity index (χ3v) is 3.67. The molecule has 0 fully saturated rings. The topological polar surface area (TPSA) is 46.2 Å². The van der Waals surface area contributed by atoms with Crippen LogP contribution in [0.15, 0.2) is 0 Å². The van der Waals surface area contributed by atoms with Gasteiger partial charge in [0.05, 0.1) is 17.9 Å². The highest BCUT2D eigenvalue weighted by Gasteiger charge is 2.29. The van der Waals surface area contributed by atoms with Crippen LogP contribution in [0.25, 0.3) is 0 Å². The van der Waals surface area contributed by atoms with Gasteiger partial charge in [-0.25, -0.2) is 8.42 Å². The third-order valence-electron chi connectivity index (χ3n) is 1.93. The standard InChI is InChI=1S/C9H18F3NO2S/c1-2-5-13-6-3-7-16(14,15)8-4-9(10,11)12/h13H,2-8H2,1H3. The molecule has 0 rings (SSSR count). The molecule has 1 N–H and O–H groups in total. The summed E-state index contributed by atoms with van der Waals surface area (Å²) in [4.78, 5) is 0. The van der Waals surface area contributed by atoms with E-state index in [1.165, 1.54) is 0 Å². The highest BCUT2D eigenvalue weighted by Crippen LogP contribution is 2.20. The minimum absolute atomic E-state index is 0.181. The number of hydrogen-bond donors (Lipinski definition) is 1. The van der Waals surface area contributed by atoms with Crippen molar-refractivity contribution in [1.29, 1.82) is 0 Å². The molecule has 0 aliphatic heterocycles. The first-order valence-corrected chi connectivity index (χ1v) is 7.07. The lowest BCUT2D eigenvalue weighted by atomic mass is 10.4. The molecule has 16 heavy (non-hydrogen) atoms. The van der Waals surface area contributed by atoms with E-state index in [0.717, 1.165) is 13.0 Å². The summed E-state index contributed by atoms with van der Waals surface area (Å²) >= 11 is 0. The summed E-state index contributed by atoms with van der Waals surface area (Å²) in [5, 5.41) is 2.99. The van der Waals surface area contributed by atoms with E-state index in [-0.39, 0.29) is 5.75 Å². The second-order valence-corrected chi connectivity index (χ2v) is 5.92. The Bertz CT molecular complexity index is 275. The van der Waals surface area contributed by atoms with Crippen molar-refractivity contribution in [2.75, 3.05) is 24.6 Å². The predicted molar refractivity (Wildman–Crippen MR) is 57.1 cm³/mol. The molecule has 0 spiro atoms. The molecule has 0 bridgehead atoms. The normalized spacial score (nSPS) is 13.0. The van der Waals surface area contributed by atoms with Gasteiger partial charge in [0.2, 0.25) is 0 Å². The number of hydrogen-bond acceptors (Lipinski definition) is 3. The van der Waals surface area contributed by atoms with Crippen LogP contribution in [-0.4, -0.2) is 39.2 Å². The van der Waals surface area contributed by atoms with Crippen LogP contribution in [0.5, 0.6) is 0 Å². The van der Waals surface area contributed by atoms with Gasteiger partial charge in [-0.05, 0) is 25.9 Å².